The van der Waals surface area contributed by atoms with Gasteiger partial charge in [0.2, 0.25) is 21.8 Å². The van der Waals surface area contributed by atoms with Gasteiger partial charge >= 0.3 is 0 Å². The van der Waals surface area contributed by atoms with Crippen molar-refractivity contribution >= 4 is 27.5 Å². The lowest BCUT2D eigenvalue weighted by Gasteiger charge is -2.36. The van der Waals surface area contributed by atoms with Gasteiger partial charge in [0.1, 0.15) is 10.9 Å². The molecule has 3 fully saturated rings. The van der Waals surface area contributed by atoms with Gasteiger partial charge in [0.25, 0.3) is 0 Å². The molecule has 0 unspecified atom stereocenters. The molecule has 0 aromatic heterocycles. The number of methoxy groups -OCH3 is 1. The summed E-state index contributed by atoms with van der Waals surface area (Å²) in [4.78, 5) is 31.0. The van der Waals surface area contributed by atoms with Gasteiger partial charge in [0.05, 0.1) is 12.8 Å². The van der Waals surface area contributed by atoms with Crippen LogP contribution in [0.4, 0.5) is 5.69 Å². The van der Waals surface area contributed by atoms with Crippen LogP contribution in [0.25, 0.3) is 0 Å². The van der Waals surface area contributed by atoms with Crippen molar-refractivity contribution in [2.75, 3.05) is 51.3 Å². The number of sulfonamides is 1. The number of ether oxygens (including phenoxy) is 1. The first-order chi connectivity index (χ1) is 15.9. The van der Waals surface area contributed by atoms with E-state index in [4.69, 9.17) is 10.5 Å². The topological polar surface area (TPSA) is 125 Å². The van der Waals surface area contributed by atoms with Crippen LogP contribution < -0.4 is 20.1 Å². The van der Waals surface area contributed by atoms with Gasteiger partial charge in [-0.2, -0.15) is 4.72 Å². The standard InChI is InChI=1S/C22H33N5O5S/c1-32-21-18(27-10-3-2-7-20(27)28)5-4-6-19(21)33(30,31)24-17(15-23)22(29)26-13-11-25(12-14-26)16-8-9-16/h4-6,16-17,24H,2-3,7-15,23H2,1H3/t17-/m0/s1. The Morgan fingerprint density at radius 2 is 1.91 bits per heavy atom. The second-order valence-electron chi connectivity index (χ2n) is 8.81. The summed E-state index contributed by atoms with van der Waals surface area (Å²) in [6.45, 7) is 3.05. The molecule has 2 aliphatic heterocycles. The fourth-order valence-corrected chi connectivity index (χ4v) is 6.00. The summed E-state index contributed by atoms with van der Waals surface area (Å²) in [6.07, 6.45) is 4.48. The van der Waals surface area contributed by atoms with Crippen molar-refractivity contribution in [1.82, 2.24) is 14.5 Å². The summed E-state index contributed by atoms with van der Waals surface area (Å²) in [6, 6.07) is 4.22. The summed E-state index contributed by atoms with van der Waals surface area (Å²) >= 11 is 0. The number of rotatable bonds is 8. The van der Waals surface area contributed by atoms with Crippen molar-refractivity contribution in [2.24, 2.45) is 5.73 Å². The number of anilines is 1. The lowest BCUT2D eigenvalue weighted by molar-refractivity contribution is -0.134. The highest BCUT2D eigenvalue weighted by Crippen LogP contribution is 2.36. The zero-order valence-electron chi connectivity index (χ0n) is 19.0. The number of piperazine rings is 1. The third-order valence-corrected chi connectivity index (χ3v) is 8.08. The molecule has 1 aliphatic carbocycles. The van der Waals surface area contributed by atoms with E-state index in [-0.39, 0.29) is 29.0 Å². The van der Waals surface area contributed by atoms with E-state index in [1.165, 1.54) is 26.0 Å². The zero-order valence-corrected chi connectivity index (χ0v) is 19.8. The first-order valence-electron chi connectivity index (χ1n) is 11.6. The van der Waals surface area contributed by atoms with Gasteiger partial charge in [0.15, 0.2) is 5.75 Å². The first kappa shape index (κ1) is 23.9. The Bertz CT molecular complexity index is 989. The maximum Gasteiger partial charge on any atom is 0.245 e. The number of carbonyl (C=O) groups excluding carboxylic acids is 2. The quantitative estimate of drug-likeness (QED) is 0.543. The largest absolute Gasteiger partial charge is 0.493 e. The van der Waals surface area contributed by atoms with E-state index in [2.05, 4.69) is 9.62 Å². The van der Waals surface area contributed by atoms with Crippen LogP contribution in [0.5, 0.6) is 5.75 Å². The maximum atomic E-state index is 13.3. The lowest BCUT2D eigenvalue weighted by Crippen LogP contribution is -2.57. The second kappa shape index (κ2) is 9.96. The minimum absolute atomic E-state index is 0.0672. The minimum atomic E-state index is -4.14. The van der Waals surface area contributed by atoms with E-state index in [0.29, 0.717) is 37.8 Å². The molecule has 182 valence electrons. The van der Waals surface area contributed by atoms with Gasteiger partial charge in [-0.05, 0) is 37.8 Å². The molecule has 2 saturated heterocycles. The van der Waals surface area contributed by atoms with Crippen LogP contribution in [0.2, 0.25) is 0 Å². The molecule has 1 aromatic carbocycles. The van der Waals surface area contributed by atoms with E-state index in [1.54, 1.807) is 21.9 Å². The van der Waals surface area contributed by atoms with Crippen LogP contribution in [0, 0.1) is 0 Å². The second-order valence-corrected chi connectivity index (χ2v) is 10.5. The number of piperidine rings is 1. The molecule has 3 N–H and O–H groups in total. The molecular formula is C22H33N5O5S. The van der Waals surface area contributed by atoms with Crippen molar-refractivity contribution in [1.29, 1.82) is 0 Å². The molecule has 0 radical (unpaired) electrons. The molecule has 4 rings (SSSR count). The number of nitrogens with one attached hydrogen (secondary N) is 1. The summed E-state index contributed by atoms with van der Waals surface area (Å²) in [5.41, 5.74) is 6.23. The van der Waals surface area contributed by atoms with Crippen LogP contribution in [-0.4, -0.2) is 88.5 Å². The number of amides is 2. The molecule has 33 heavy (non-hydrogen) atoms. The SMILES string of the molecule is COc1c(N2CCCCC2=O)cccc1S(=O)(=O)N[C@@H](CN)C(=O)N1CCN(C2CC2)CC1. The van der Waals surface area contributed by atoms with E-state index in [9.17, 15) is 18.0 Å². The van der Waals surface area contributed by atoms with Gasteiger partial charge in [-0.15, -0.1) is 0 Å². The summed E-state index contributed by atoms with van der Waals surface area (Å²) in [5.74, 6) is -0.304. The van der Waals surface area contributed by atoms with Crippen molar-refractivity contribution in [3.8, 4) is 5.75 Å². The molecule has 11 heteroatoms. The number of hydrogen-bond donors (Lipinski definition) is 2. The Morgan fingerprint density at radius 3 is 2.52 bits per heavy atom. The van der Waals surface area contributed by atoms with Crippen LogP contribution in [0.1, 0.15) is 32.1 Å². The first-order valence-corrected chi connectivity index (χ1v) is 13.1. The lowest BCUT2D eigenvalue weighted by atomic mass is 10.1. The Balaban J connectivity index is 1.51. The van der Waals surface area contributed by atoms with Crippen LogP contribution in [-0.2, 0) is 19.6 Å². The van der Waals surface area contributed by atoms with Crippen molar-refractivity contribution in [3.63, 3.8) is 0 Å². The number of nitrogens with zero attached hydrogens (tertiary/aromatic N) is 3. The third kappa shape index (κ3) is 5.16. The number of carbonyl (C=O) groups is 2. The fraction of sp³-hybridized carbons (Fsp3) is 0.636. The van der Waals surface area contributed by atoms with Gasteiger partial charge in [-0.1, -0.05) is 6.07 Å². The van der Waals surface area contributed by atoms with Crippen LogP contribution >= 0.6 is 0 Å². The average Bonchev–Trinajstić information content (AvgIpc) is 3.67. The maximum absolute atomic E-state index is 13.3. The molecule has 1 atom stereocenters. The Hall–Kier alpha value is -2.21. The van der Waals surface area contributed by atoms with Crippen molar-refractivity contribution in [3.05, 3.63) is 18.2 Å². The van der Waals surface area contributed by atoms with E-state index in [1.807, 2.05) is 0 Å². The van der Waals surface area contributed by atoms with Gasteiger partial charge in [-0.3, -0.25) is 14.5 Å². The minimum Gasteiger partial charge on any atom is -0.493 e. The van der Waals surface area contributed by atoms with Crippen molar-refractivity contribution in [2.45, 2.75) is 49.1 Å². The predicted octanol–water partition coefficient (Wildman–Crippen LogP) is 0.124. The van der Waals surface area contributed by atoms with Gasteiger partial charge < -0.3 is 20.3 Å². The smallest absolute Gasteiger partial charge is 0.245 e. The van der Waals surface area contributed by atoms with Crippen molar-refractivity contribution < 1.29 is 22.7 Å². The number of nitrogens with two attached hydrogens (primary N) is 1. The third-order valence-electron chi connectivity index (χ3n) is 6.59. The van der Waals surface area contributed by atoms with E-state index >= 15 is 0 Å². The monoisotopic (exact) mass is 479 g/mol. The molecule has 1 saturated carbocycles. The molecule has 10 nitrogen and oxygen atoms in total. The average molecular weight is 480 g/mol. The van der Waals surface area contributed by atoms with Gasteiger partial charge in [0, 0.05) is 51.7 Å². The molecule has 2 heterocycles. The molecular weight excluding hydrogens is 446 g/mol. The summed E-state index contributed by atoms with van der Waals surface area (Å²) in [5, 5.41) is 0. The zero-order chi connectivity index (χ0) is 23.6. The van der Waals surface area contributed by atoms with Gasteiger partial charge in [-0.25, -0.2) is 8.42 Å². The Kier molecular flexibility index (Phi) is 7.22. The number of benzene rings is 1. The highest BCUT2D eigenvalue weighted by Gasteiger charge is 2.36. The molecule has 3 aliphatic rings. The predicted molar refractivity (Wildman–Crippen MR) is 124 cm³/mol. The Labute approximate surface area is 195 Å². The molecule has 2 amide bonds. The number of hydrogen-bond acceptors (Lipinski definition) is 7. The summed E-state index contributed by atoms with van der Waals surface area (Å²) < 4.78 is 34.5. The highest BCUT2D eigenvalue weighted by atomic mass is 32.2. The number of para-hydroxylation sites is 1. The van der Waals surface area contributed by atoms with Crippen LogP contribution in [0.3, 0.4) is 0 Å². The molecule has 1 aromatic rings. The Morgan fingerprint density at radius 1 is 1.18 bits per heavy atom. The highest BCUT2D eigenvalue weighted by molar-refractivity contribution is 7.89. The fourth-order valence-electron chi connectivity index (χ4n) is 4.61. The van der Waals surface area contributed by atoms with E-state index < -0.39 is 16.1 Å². The molecule has 0 bridgehead atoms. The molecule has 0 spiro atoms. The summed E-state index contributed by atoms with van der Waals surface area (Å²) in [7, 11) is -2.77. The van der Waals surface area contributed by atoms with E-state index in [0.717, 1.165) is 25.9 Å². The van der Waals surface area contributed by atoms with Crippen LogP contribution in [0.15, 0.2) is 23.1 Å². The normalized spacial score (nSPS) is 21.2.